The van der Waals surface area contributed by atoms with Crippen LogP contribution in [0.5, 0.6) is 5.75 Å². The third-order valence-electron chi connectivity index (χ3n) is 8.81. The van der Waals surface area contributed by atoms with Gasteiger partial charge >= 0.3 is 0 Å². The summed E-state index contributed by atoms with van der Waals surface area (Å²) in [5.74, 6) is 0.523. The van der Waals surface area contributed by atoms with E-state index in [1.165, 1.54) is 50.2 Å². The van der Waals surface area contributed by atoms with E-state index >= 15 is 0 Å². The Labute approximate surface area is 232 Å². The van der Waals surface area contributed by atoms with Gasteiger partial charge in [-0.15, -0.1) is 6.58 Å². The van der Waals surface area contributed by atoms with Crippen LogP contribution in [0.25, 0.3) is 22.3 Å². The number of allylic oxidation sites excluding steroid dienone is 1. The molecule has 2 aliphatic rings. The molecule has 0 N–H and O–H groups in total. The first-order valence-electron chi connectivity index (χ1n) is 14.6. The molecule has 0 spiro atoms. The van der Waals surface area contributed by atoms with Crippen LogP contribution in [-0.2, 0) is 4.74 Å². The molecule has 0 bridgehead atoms. The minimum atomic E-state index is -0.947. The van der Waals surface area contributed by atoms with Gasteiger partial charge in [-0.3, -0.25) is 0 Å². The van der Waals surface area contributed by atoms with Gasteiger partial charge in [0.15, 0.2) is 11.6 Å². The van der Waals surface area contributed by atoms with E-state index in [1.54, 1.807) is 13.0 Å². The van der Waals surface area contributed by atoms with Crippen molar-refractivity contribution in [2.75, 3.05) is 13.2 Å². The van der Waals surface area contributed by atoms with Gasteiger partial charge < -0.3 is 9.47 Å². The van der Waals surface area contributed by atoms with E-state index in [2.05, 4.69) is 36.9 Å². The van der Waals surface area contributed by atoms with Gasteiger partial charge in [0.2, 0.25) is 5.82 Å². The molecule has 2 nitrogen and oxygen atoms in total. The second-order valence-electron chi connectivity index (χ2n) is 11.2. The van der Waals surface area contributed by atoms with Gasteiger partial charge in [0.05, 0.1) is 19.3 Å². The van der Waals surface area contributed by atoms with Crippen LogP contribution < -0.4 is 4.74 Å². The van der Waals surface area contributed by atoms with Crippen LogP contribution in [0.3, 0.4) is 0 Å². The Balaban J connectivity index is 1.16. The lowest BCUT2D eigenvalue weighted by molar-refractivity contribution is -0.0404. The van der Waals surface area contributed by atoms with E-state index in [9.17, 15) is 8.78 Å². The Hall–Kier alpha value is -2.98. The molecule has 2 atom stereocenters. The predicted octanol–water partition coefficient (Wildman–Crippen LogP) is 9.94. The molecule has 5 rings (SSSR count). The average Bonchev–Trinajstić information content (AvgIpc) is 2.99. The lowest BCUT2D eigenvalue weighted by atomic mass is 9.72. The molecular weight excluding hydrogens is 490 g/mol. The second kappa shape index (κ2) is 12.9. The highest BCUT2D eigenvalue weighted by molar-refractivity contribution is 5.71. The summed E-state index contributed by atoms with van der Waals surface area (Å²) in [7, 11) is 0. The molecular formula is C35H40F2O2. The summed E-state index contributed by atoms with van der Waals surface area (Å²) < 4.78 is 40.5. The molecule has 3 aromatic carbocycles. The molecule has 39 heavy (non-hydrogen) atoms. The Morgan fingerprint density at radius 3 is 2.05 bits per heavy atom. The molecule has 206 valence electrons. The van der Waals surface area contributed by atoms with Crippen LogP contribution >= 0.6 is 0 Å². The van der Waals surface area contributed by atoms with Crippen molar-refractivity contribution < 1.29 is 18.3 Å². The van der Waals surface area contributed by atoms with Crippen LogP contribution in [0, 0.1) is 29.4 Å². The second-order valence-corrected chi connectivity index (χ2v) is 11.2. The largest absolute Gasteiger partial charge is 0.491 e. The number of benzene rings is 3. The maximum absolute atomic E-state index is 14.6. The molecule has 1 aliphatic heterocycles. The van der Waals surface area contributed by atoms with Crippen LogP contribution in [0.15, 0.2) is 73.3 Å². The van der Waals surface area contributed by atoms with Crippen molar-refractivity contribution in [2.24, 2.45) is 17.8 Å². The van der Waals surface area contributed by atoms with Crippen LogP contribution in [0.4, 0.5) is 8.78 Å². The molecule has 1 saturated carbocycles. The first kappa shape index (κ1) is 27.6. The van der Waals surface area contributed by atoms with Crippen molar-refractivity contribution in [3.8, 4) is 28.0 Å². The maximum Gasteiger partial charge on any atom is 0.201 e. The van der Waals surface area contributed by atoms with Gasteiger partial charge in [-0.1, -0.05) is 67.4 Å². The fourth-order valence-electron chi connectivity index (χ4n) is 6.46. The molecule has 0 radical (unpaired) electrons. The van der Waals surface area contributed by atoms with E-state index in [-0.39, 0.29) is 24.0 Å². The minimum Gasteiger partial charge on any atom is -0.491 e. The number of hydrogen-bond donors (Lipinski definition) is 0. The molecule has 1 aliphatic carbocycles. The highest BCUT2D eigenvalue weighted by atomic mass is 19.2. The molecule has 1 heterocycles. The van der Waals surface area contributed by atoms with Gasteiger partial charge in [0, 0.05) is 5.56 Å². The number of rotatable bonds is 9. The third kappa shape index (κ3) is 6.44. The summed E-state index contributed by atoms with van der Waals surface area (Å²) in [5.41, 5.74) is 4.21. The predicted molar refractivity (Wildman–Crippen MR) is 155 cm³/mol. The Morgan fingerprint density at radius 1 is 0.795 bits per heavy atom. The number of hydrogen-bond acceptors (Lipinski definition) is 2. The summed E-state index contributed by atoms with van der Waals surface area (Å²) in [6.45, 7) is 6.77. The van der Waals surface area contributed by atoms with Crippen molar-refractivity contribution in [1.29, 1.82) is 0 Å². The van der Waals surface area contributed by atoms with E-state index < -0.39 is 11.6 Å². The molecule has 2 fully saturated rings. The number of ether oxygens (including phenoxy) is 2. The minimum absolute atomic E-state index is 0.0602. The molecule has 3 aromatic rings. The summed E-state index contributed by atoms with van der Waals surface area (Å²) in [4.78, 5) is 0. The molecule has 1 saturated heterocycles. The van der Waals surface area contributed by atoms with Crippen molar-refractivity contribution in [1.82, 2.24) is 0 Å². The maximum atomic E-state index is 14.6. The zero-order valence-electron chi connectivity index (χ0n) is 23.0. The summed E-state index contributed by atoms with van der Waals surface area (Å²) in [6.07, 6.45) is 12.5. The van der Waals surface area contributed by atoms with Gasteiger partial charge in [0.1, 0.15) is 0 Å². The summed E-state index contributed by atoms with van der Waals surface area (Å²) in [5, 5.41) is 0. The van der Waals surface area contributed by atoms with Gasteiger partial charge in [0.25, 0.3) is 0 Å². The zero-order chi connectivity index (χ0) is 27.2. The van der Waals surface area contributed by atoms with Crippen molar-refractivity contribution in [3.63, 3.8) is 0 Å². The van der Waals surface area contributed by atoms with Gasteiger partial charge in [-0.25, -0.2) is 4.39 Å². The Morgan fingerprint density at radius 2 is 1.44 bits per heavy atom. The SMILES string of the molecule is C=CCCC1CCC(C2CCC(c3ccc(-c4ccc(-c5ccc(OCC)c(F)c5F)cc4)cc3)OC2)CC1. The highest BCUT2D eigenvalue weighted by Gasteiger charge is 2.31. The first-order valence-corrected chi connectivity index (χ1v) is 14.6. The highest BCUT2D eigenvalue weighted by Crippen LogP contribution is 2.41. The molecule has 0 amide bonds. The average molecular weight is 531 g/mol. The standard InChI is InChI=1S/C35H40F2O2/c1-3-5-6-24-7-9-27(10-8-24)30-19-21-32(39-23-30)29-17-13-26(14-18-29)25-11-15-28(16-12-25)31-20-22-33(38-4-2)35(37)34(31)36/h3,11-18,20,22,24,27,30,32H,1,4-10,19,21,23H2,2H3. The molecule has 4 heteroatoms. The van der Waals surface area contributed by atoms with Gasteiger partial charge in [-0.2, -0.15) is 4.39 Å². The monoisotopic (exact) mass is 530 g/mol. The van der Waals surface area contributed by atoms with Crippen LogP contribution in [-0.4, -0.2) is 13.2 Å². The van der Waals surface area contributed by atoms with Crippen LogP contribution in [0.2, 0.25) is 0 Å². The smallest absolute Gasteiger partial charge is 0.201 e. The van der Waals surface area contributed by atoms with E-state index in [0.29, 0.717) is 11.5 Å². The zero-order valence-corrected chi connectivity index (χ0v) is 23.0. The topological polar surface area (TPSA) is 18.5 Å². The first-order chi connectivity index (χ1) is 19.1. The number of halogens is 2. The molecule has 0 aromatic heterocycles. The van der Waals surface area contributed by atoms with Crippen molar-refractivity contribution >= 4 is 0 Å². The summed E-state index contributed by atoms with van der Waals surface area (Å²) >= 11 is 0. The van der Waals surface area contributed by atoms with E-state index in [4.69, 9.17) is 9.47 Å². The molecule has 2 unspecified atom stereocenters. The Kier molecular flexibility index (Phi) is 9.13. The lowest BCUT2D eigenvalue weighted by Gasteiger charge is -2.38. The van der Waals surface area contributed by atoms with E-state index in [0.717, 1.165) is 42.4 Å². The van der Waals surface area contributed by atoms with Crippen molar-refractivity contribution in [3.05, 3.63) is 90.5 Å². The quantitative estimate of drug-likeness (QED) is 0.256. The fraction of sp³-hybridized carbons (Fsp3) is 0.429. The Bertz CT molecular complexity index is 1220. The normalized spacial score (nSPS) is 23.4. The third-order valence-corrected chi connectivity index (χ3v) is 8.81. The van der Waals surface area contributed by atoms with Crippen LogP contribution in [0.1, 0.15) is 70.0 Å². The van der Waals surface area contributed by atoms with Crippen molar-refractivity contribution in [2.45, 2.75) is 64.4 Å². The van der Waals surface area contributed by atoms with Gasteiger partial charge in [-0.05, 0) is 97.6 Å². The lowest BCUT2D eigenvalue weighted by Crippen LogP contribution is -2.29. The summed E-state index contributed by atoms with van der Waals surface area (Å²) in [6, 6.07) is 19.2. The van der Waals surface area contributed by atoms with E-state index in [1.807, 2.05) is 24.3 Å². The fourth-order valence-corrected chi connectivity index (χ4v) is 6.46.